The fourth-order valence-electron chi connectivity index (χ4n) is 1.93. The number of hydrogen-bond donors (Lipinski definition) is 2. The molecule has 0 aliphatic carbocycles. The fraction of sp³-hybridized carbons (Fsp3) is 0.0667. The Kier molecular flexibility index (Phi) is 3.35. The lowest BCUT2D eigenvalue weighted by Crippen LogP contribution is -2.10. The van der Waals surface area contributed by atoms with Crippen LogP contribution < -0.4 is 11.1 Å². The maximum atomic E-state index is 11.0. The third-order valence-electron chi connectivity index (χ3n) is 2.95. The van der Waals surface area contributed by atoms with E-state index in [-0.39, 0.29) is 0 Å². The molecule has 1 heterocycles. The molecule has 2 aromatic carbocycles. The summed E-state index contributed by atoms with van der Waals surface area (Å²) in [5, 5.41) is 4.32. The molecule has 3 rings (SSSR count). The number of amides is 1. The second kappa shape index (κ2) is 5.30. The van der Waals surface area contributed by atoms with Gasteiger partial charge in [-0.15, -0.1) is 11.3 Å². The van der Waals surface area contributed by atoms with Crippen molar-refractivity contribution in [3.05, 3.63) is 59.1 Å². The zero-order chi connectivity index (χ0) is 13.9. The Morgan fingerprint density at radius 1 is 1.15 bits per heavy atom. The third-order valence-corrected chi connectivity index (χ3v) is 3.99. The van der Waals surface area contributed by atoms with Crippen molar-refractivity contribution in [2.75, 3.05) is 5.32 Å². The van der Waals surface area contributed by atoms with Crippen LogP contribution in [-0.4, -0.2) is 10.9 Å². The van der Waals surface area contributed by atoms with Gasteiger partial charge in [0.05, 0.1) is 16.8 Å². The summed E-state index contributed by atoms with van der Waals surface area (Å²) in [6, 6.07) is 15.2. The second-order valence-corrected chi connectivity index (χ2v) is 5.49. The van der Waals surface area contributed by atoms with Gasteiger partial charge in [-0.3, -0.25) is 4.79 Å². The number of nitrogens with zero attached hydrogens (tertiary/aromatic N) is 1. The van der Waals surface area contributed by atoms with Gasteiger partial charge in [0.15, 0.2) is 0 Å². The number of carbonyl (C=O) groups excluding carboxylic acids is 1. The number of benzene rings is 2. The van der Waals surface area contributed by atoms with Crippen LogP contribution in [0, 0.1) is 0 Å². The van der Waals surface area contributed by atoms with Gasteiger partial charge < -0.3 is 11.1 Å². The molecule has 4 nitrogen and oxygen atoms in total. The highest BCUT2D eigenvalue weighted by Gasteiger charge is 2.03. The van der Waals surface area contributed by atoms with Crippen LogP contribution >= 0.6 is 11.3 Å². The number of nitrogens with one attached hydrogen (secondary N) is 1. The molecule has 3 aromatic rings. The first-order valence-corrected chi connectivity index (χ1v) is 7.02. The molecule has 1 amide bonds. The Balaban J connectivity index is 1.71. The van der Waals surface area contributed by atoms with Crippen LogP contribution in [0.4, 0.5) is 5.69 Å². The minimum atomic E-state index is -0.414. The highest BCUT2D eigenvalue weighted by atomic mass is 32.1. The Labute approximate surface area is 120 Å². The van der Waals surface area contributed by atoms with Gasteiger partial charge in [0.25, 0.3) is 0 Å². The van der Waals surface area contributed by atoms with Crippen LogP contribution in [0.25, 0.3) is 10.2 Å². The van der Waals surface area contributed by atoms with Gasteiger partial charge in [-0.1, -0.05) is 12.1 Å². The molecule has 0 aliphatic heterocycles. The number of nitrogens with two attached hydrogens (primary N) is 1. The van der Waals surface area contributed by atoms with E-state index in [0.717, 1.165) is 16.2 Å². The fourth-order valence-corrected chi connectivity index (χ4v) is 2.83. The van der Waals surface area contributed by atoms with Crippen molar-refractivity contribution in [2.45, 2.75) is 6.54 Å². The van der Waals surface area contributed by atoms with Crippen molar-refractivity contribution in [1.82, 2.24) is 4.98 Å². The van der Waals surface area contributed by atoms with Crippen molar-refractivity contribution in [3.63, 3.8) is 0 Å². The molecule has 0 bridgehead atoms. The zero-order valence-corrected chi connectivity index (χ0v) is 11.5. The van der Waals surface area contributed by atoms with E-state index in [4.69, 9.17) is 5.73 Å². The van der Waals surface area contributed by atoms with E-state index in [0.29, 0.717) is 12.1 Å². The van der Waals surface area contributed by atoms with E-state index in [1.165, 1.54) is 4.70 Å². The average molecular weight is 283 g/mol. The van der Waals surface area contributed by atoms with Gasteiger partial charge in [0.1, 0.15) is 5.01 Å². The summed E-state index contributed by atoms with van der Waals surface area (Å²) in [5.74, 6) is -0.414. The zero-order valence-electron chi connectivity index (χ0n) is 10.7. The summed E-state index contributed by atoms with van der Waals surface area (Å²) < 4.78 is 1.19. The standard InChI is InChI=1S/C15H13N3OS/c16-15(19)10-5-7-11(8-6-10)17-9-14-18-12-3-1-2-4-13(12)20-14/h1-8,17H,9H2,(H2,16,19). The van der Waals surface area contributed by atoms with E-state index in [9.17, 15) is 4.79 Å². The molecule has 0 saturated carbocycles. The Hall–Kier alpha value is -2.40. The molecular weight excluding hydrogens is 270 g/mol. The molecule has 0 saturated heterocycles. The summed E-state index contributed by atoms with van der Waals surface area (Å²) in [6.07, 6.45) is 0. The van der Waals surface area contributed by atoms with Gasteiger partial charge in [-0.2, -0.15) is 0 Å². The monoisotopic (exact) mass is 283 g/mol. The topological polar surface area (TPSA) is 68.0 Å². The van der Waals surface area contributed by atoms with E-state index in [2.05, 4.69) is 16.4 Å². The minimum Gasteiger partial charge on any atom is -0.379 e. The number of fused-ring (bicyclic) bond motifs is 1. The maximum absolute atomic E-state index is 11.0. The number of aromatic nitrogens is 1. The normalized spacial score (nSPS) is 10.6. The summed E-state index contributed by atoms with van der Waals surface area (Å²) in [4.78, 5) is 15.5. The first-order chi connectivity index (χ1) is 9.72. The highest BCUT2D eigenvalue weighted by molar-refractivity contribution is 7.18. The number of rotatable bonds is 4. The molecule has 0 radical (unpaired) electrons. The third kappa shape index (κ3) is 2.62. The number of hydrogen-bond acceptors (Lipinski definition) is 4. The molecule has 0 fully saturated rings. The van der Waals surface area contributed by atoms with Crippen LogP contribution in [0.2, 0.25) is 0 Å². The summed E-state index contributed by atoms with van der Waals surface area (Å²) in [5.41, 5.74) is 7.68. The number of carbonyl (C=O) groups is 1. The Morgan fingerprint density at radius 2 is 1.90 bits per heavy atom. The molecule has 1 aromatic heterocycles. The predicted molar refractivity (Wildman–Crippen MR) is 81.9 cm³/mol. The van der Waals surface area contributed by atoms with E-state index < -0.39 is 5.91 Å². The SMILES string of the molecule is NC(=O)c1ccc(NCc2nc3ccccc3s2)cc1. The van der Waals surface area contributed by atoms with Crippen LogP contribution in [0.3, 0.4) is 0 Å². The van der Waals surface area contributed by atoms with Gasteiger partial charge >= 0.3 is 0 Å². The van der Waals surface area contributed by atoms with Gasteiger partial charge in [-0.25, -0.2) is 4.98 Å². The predicted octanol–water partition coefficient (Wildman–Crippen LogP) is 3.01. The van der Waals surface area contributed by atoms with Crippen molar-refractivity contribution in [1.29, 1.82) is 0 Å². The largest absolute Gasteiger partial charge is 0.379 e. The smallest absolute Gasteiger partial charge is 0.248 e. The van der Waals surface area contributed by atoms with E-state index in [1.54, 1.807) is 23.5 Å². The number of primary amides is 1. The Morgan fingerprint density at radius 3 is 2.60 bits per heavy atom. The number of anilines is 1. The highest BCUT2D eigenvalue weighted by Crippen LogP contribution is 2.22. The minimum absolute atomic E-state index is 0.414. The summed E-state index contributed by atoms with van der Waals surface area (Å²) >= 11 is 1.68. The molecule has 0 spiro atoms. The van der Waals surface area contributed by atoms with Gasteiger partial charge in [0, 0.05) is 11.3 Å². The molecule has 3 N–H and O–H groups in total. The van der Waals surface area contributed by atoms with E-state index in [1.807, 2.05) is 30.3 Å². The average Bonchev–Trinajstić information content (AvgIpc) is 2.88. The van der Waals surface area contributed by atoms with Crippen molar-refractivity contribution in [2.24, 2.45) is 5.73 Å². The van der Waals surface area contributed by atoms with Gasteiger partial charge in [0.2, 0.25) is 5.91 Å². The van der Waals surface area contributed by atoms with E-state index >= 15 is 0 Å². The lowest BCUT2D eigenvalue weighted by molar-refractivity contribution is 0.100. The molecule has 0 aliphatic rings. The maximum Gasteiger partial charge on any atom is 0.248 e. The van der Waals surface area contributed by atoms with Crippen LogP contribution in [0.5, 0.6) is 0 Å². The summed E-state index contributed by atoms with van der Waals surface area (Å²) in [7, 11) is 0. The van der Waals surface area contributed by atoms with Crippen LogP contribution in [0.1, 0.15) is 15.4 Å². The van der Waals surface area contributed by atoms with Crippen LogP contribution in [0.15, 0.2) is 48.5 Å². The van der Waals surface area contributed by atoms with Crippen molar-refractivity contribution < 1.29 is 4.79 Å². The first-order valence-electron chi connectivity index (χ1n) is 6.20. The molecule has 0 unspecified atom stereocenters. The van der Waals surface area contributed by atoms with Crippen molar-refractivity contribution >= 4 is 33.1 Å². The second-order valence-electron chi connectivity index (χ2n) is 4.37. The quantitative estimate of drug-likeness (QED) is 0.773. The number of para-hydroxylation sites is 1. The molecule has 20 heavy (non-hydrogen) atoms. The molecule has 5 heteroatoms. The Bertz CT molecular complexity index is 716. The first kappa shape index (κ1) is 12.6. The lowest BCUT2D eigenvalue weighted by atomic mass is 10.2. The number of thiazole rings is 1. The molecule has 100 valence electrons. The summed E-state index contributed by atoms with van der Waals surface area (Å²) in [6.45, 7) is 0.662. The molecule has 0 atom stereocenters. The van der Waals surface area contributed by atoms with Gasteiger partial charge in [-0.05, 0) is 36.4 Å². The molecular formula is C15H13N3OS. The van der Waals surface area contributed by atoms with Crippen molar-refractivity contribution in [3.8, 4) is 0 Å². The van der Waals surface area contributed by atoms with Crippen LogP contribution in [-0.2, 0) is 6.54 Å². The lowest BCUT2D eigenvalue weighted by Gasteiger charge is -2.04.